The molecule has 2 aromatic rings. The van der Waals surface area contributed by atoms with Crippen molar-refractivity contribution in [1.82, 2.24) is 4.98 Å². The average Bonchev–Trinajstić information content (AvgIpc) is 2.41. The lowest BCUT2D eigenvalue weighted by Gasteiger charge is -2.09. The Balaban J connectivity index is 2.14. The summed E-state index contributed by atoms with van der Waals surface area (Å²) in [6.07, 6.45) is 2.74. The van der Waals surface area contributed by atoms with E-state index in [1.807, 2.05) is 42.6 Å². The molecule has 0 amide bonds. The minimum atomic E-state index is 0.0179. The number of benzene rings is 1. The Morgan fingerprint density at radius 3 is 2.67 bits per heavy atom. The van der Waals surface area contributed by atoms with Crippen molar-refractivity contribution in [3.63, 3.8) is 0 Å². The Hall–Kier alpha value is -1.03. The average molecular weight is 279 g/mol. The van der Waals surface area contributed by atoms with Gasteiger partial charge >= 0.3 is 0 Å². The molecule has 0 bridgehead atoms. The predicted molar refractivity (Wildman–Crippen MR) is 77.0 cm³/mol. The lowest BCUT2D eigenvalue weighted by atomic mass is 10.1. The number of aromatic nitrogens is 1. The third-order valence-corrected chi connectivity index (χ3v) is 4.14. The highest BCUT2D eigenvalue weighted by Crippen LogP contribution is 2.32. The third-order valence-electron chi connectivity index (χ3n) is 2.64. The van der Waals surface area contributed by atoms with E-state index in [4.69, 9.17) is 17.3 Å². The quantitative estimate of drug-likeness (QED) is 0.906. The van der Waals surface area contributed by atoms with Gasteiger partial charge in [0.1, 0.15) is 0 Å². The largest absolute Gasteiger partial charge is 0.323 e. The van der Waals surface area contributed by atoms with Crippen LogP contribution in [0.4, 0.5) is 0 Å². The first-order valence-corrected chi connectivity index (χ1v) is 7.04. The molecule has 0 saturated heterocycles. The van der Waals surface area contributed by atoms with Crippen LogP contribution in [0.5, 0.6) is 0 Å². The summed E-state index contributed by atoms with van der Waals surface area (Å²) in [6.45, 7) is 2.05. The van der Waals surface area contributed by atoms with Crippen LogP contribution in [0.3, 0.4) is 0 Å². The SMILES string of the molecule is CC[C@H](N)c1ccc(Sc2ccccc2Cl)cn1. The highest BCUT2D eigenvalue weighted by atomic mass is 35.5. The molecule has 0 aliphatic heterocycles. The zero-order valence-corrected chi connectivity index (χ0v) is 11.7. The van der Waals surface area contributed by atoms with Gasteiger partial charge in [0.05, 0.1) is 10.7 Å². The molecule has 4 heteroatoms. The summed E-state index contributed by atoms with van der Waals surface area (Å²) in [5.41, 5.74) is 6.86. The van der Waals surface area contributed by atoms with Crippen LogP contribution in [0, 0.1) is 0 Å². The first-order chi connectivity index (χ1) is 8.70. The molecule has 1 aromatic carbocycles. The summed E-state index contributed by atoms with van der Waals surface area (Å²) in [5, 5.41) is 0.761. The number of rotatable bonds is 4. The molecule has 0 aliphatic rings. The number of hydrogen-bond donors (Lipinski definition) is 1. The van der Waals surface area contributed by atoms with Gasteiger partial charge in [-0.1, -0.05) is 42.4 Å². The van der Waals surface area contributed by atoms with E-state index in [2.05, 4.69) is 11.9 Å². The highest BCUT2D eigenvalue weighted by Gasteiger charge is 2.06. The van der Waals surface area contributed by atoms with Crippen molar-refractivity contribution in [2.45, 2.75) is 29.2 Å². The molecule has 94 valence electrons. The topological polar surface area (TPSA) is 38.9 Å². The molecule has 0 unspecified atom stereocenters. The normalized spacial score (nSPS) is 12.4. The van der Waals surface area contributed by atoms with E-state index >= 15 is 0 Å². The maximum atomic E-state index is 6.12. The number of nitrogens with two attached hydrogens (primary N) is 1. The van der Waals surface area contributed by atoms with Gasteiger partial charge in [-0.3, -0.25) is 4.98 Å². The minimum absolute atomic E-state index is 0.0179. The molecular weight excluding hydrogens is 264 g/mol. The predicted octanol–water partition coefficient (Wildman–Crippen LogP) is 4.30. The highest BCUT2D eigenvalue weighted by molar-refractivity contribution is 7.99. The van der Waals surface area contributed by atoms with Gasteiger partial charge in [-0.25, -0.2) is 0 Å². The Morgan fingerprint density at radius 1 is 1.28 bits per heavy atom. The van der Waals surface area contributed by atoms with Crippen molar-refractivity contribution < 1.29 is 0 Å². The number of pyridine rings is 1. The fourth-order valence-corrected chi connectivity index (χ4v) is 2.59. The lowest BCUT2D eigenvalue weighted by molar-refractivity contribution is 0.674. The second kappa shape index (κ2) is 6.23. The fraction of sp³-hybridized carbons (Fsp3) is 0.214. The smallest absolute Gasteiger partial charge is 0.0571 e. The molecule has 0 radical (unpaired) electrons. The molecule has 0 aliphatic carbocycles. The van der Waals surface area contributed by atoms with E-state index < -0.39 is 0 Å². The number of halogens is 1. The van der Waals surface area contributed by atoms with Crippen LogP contribution >= 0.6 is 23.4 Å². The van der Waals surface area contributed by atoms with E-state index in [0.29, 0.717) is 0 Å². The summed E-state index contributed by atoms with van der Waals surface area (Å²) in [6, 6.07) is 11.8. The van der Waals surface area contributed by atoms with Crippen molar-refractivity contribution in [1.29, 1.82) is 0 Å². The van der Waals surface area contributed by atoms with Crippen LogP contribution in [0.1, 0.15) is 25.1 Å². The Bertz CT molecular complexity index is 513. The lowest BCUT2D eigenvalue weighted by Crippen LogP contribution is -2.10. The van der Waals surface area contributed by atoms with Gasteiger partial charge in [-0.15, -0.1) is 0 Å². The second-order valence-corrected chi connectivity index (χ2v) is 5.49. The van der Waals surface area contributed by atoms with Gasteiger partial charge in [-0.2, -0.15) is 0 Å². The Labute approximate surface area is 117 Å². The Kier molecular flexibility index (Phi) is 4.64. The zero-order valence-electron chi connectivity index (χ0n) is 10.1. The third kappa shape index (κ3) is 3.25. The maximum absolute atomic E-state index is 6.12. The number of hydrogen-bond acceptors (Lipinski definition) is 3. The summed E-state index contributed by atoms with van der Waals surface area (Å²) >= 11 is 7.72. The van der Waals surface area contributed by atoms with Crippen molar-refractivity contribution in [3.8, 4) is 0 Å². The molecular formula is C14H15ClN2S. The Morgan fingerprint density at radius 2 is 2.06 bits per heavy atom. The first kappa shape index (κ1) is 13.4. The van der Waals surface area contributed by atoms with Gasteiger partial charge in [0.15, 0.2) is 0 Å². The van der Waals surface area contributed by atoms with Crippen molar-refractivity contribution in [2.75, 3.05) is 0 Å². The molecule has 1 atom stereocenters. The monoisotopic (exact) mass is 278 g/mol. The van der Waals surface area contributed by atoms with Gasteiger partial charge in [0.25, 0.3) is 0 Å². The van der Waals surface area contributed by atoms with Crippen molar-refractivity contribution in [2.24, 2.45) is 5.73 Å². The maximum Gasteiger partial charge on any atom is 0.0571 e. The van der Waals surface area contributed by atoms with E-state index in [-0.39, 0.29) is 6.04 Å². The van der Waals surface area contributed by atoms with Crippen LogP contribution in [-0.4, -0.2) is 4.98 Å². The molecule has 1 heterocycles. The van der Waals surface area contributed by atoms with Crippen LogP contribution < -0.4 is 5.73 Å². The van der Waals surface area contributed by atoms with Gasteiger partial charge in [0.2, 0.25) is 0 Å². The summed E-state index contributed by atoms with van der Waals surface area (Å²) in [4.78, 5) is 6.49. The van der Waals surface area contributed by atoms with Crippen LogP contribution in [0.2, 0.25) is 5.02 Å². The van der Waals surface area contributed by atoms with Crippen molar-refractivity contribution in [3.05, 3.63) is 53.3 Å². The standard InChI is InChI=1S/C14H15ClN2S/c1-2-12(16)13-8-7-10(9-17-13)18-14-6-4-3-5-11(14)15/h3-9,12H,2,16H2,1H3/t12-/m0/s1. The fourth-order valence-electron chi connectivity index (χ4n) is 1.54. The molecule has 0 saturated carbocycles. The summed E-state index contributed by atoms with van der Waals surface area (Å²) < 4.78 is 0. The zero-order chi connectivity index (χ0) is 13.0. The van der Waals surface area contributed by atoms with E-state index in [1.54, 1.807) is 11.8 Å². The van der Waals surface area contributed by atoms with Crippen LogP contribution in [0.15, 0.2) is 52.4 Å². The van der Waals surface area contributed by atoms with E-state index in [9.17, 15) is 0 Å². The summed E-state index contributed by atoms with van der Waals surface area (Å²) in [5.74, 6) is 0. The van der Waals surface area contributed by atoms with Gasteiger partial charge in [-0.05, 0) is 30.7 Å². The second-order valence-electron chi connectivity index (χ2n) is 3.97. The molecule has 0 fully saturated rings. The van der Waals surface area contributed by atoms with Gasteiger partial charge < -0.3 is 5.73 Å². The van der Waals surface area contributed by atoms with Gasteiger partial charge in [0, 0.05) is 22.0 Å². The molecule has 2 N–H and O–H groups in total. The summed E-state index contributed by atoms with van der Waals surface area (Å²) in [7, 11) is 0. The molecule has 1 aromatic heterocycles. The number of nitrogens with zero attached hydrogens (tertiary/aromatic N) is 1. The molecule has 18 heavy (non-hydrogen) atoms. The van der Waals surface area contributed by atoms with Crippen molar-refractivity contribution >= 4 is 23.4 Å². The molecule has 2 rings (SSSR count). The van der Waals surface area contributed by atoms with Crippen LogP contribution in [0.25, 0.3) is 0 Å². The molecule has 0 spiro atoms. The van der Waals surface area contributed by atoms with Crippen LogP contribution in [-0.2, 0) is 0 Å². The van der Waals surface area contributed by atoms with E-state index in [0.717, 1.165) is 26.9 Å². The molecule has 2 nitrogen and oxygen atoms in total. The van der Waals surface area contributed by atoms with E-state index in [1.165, 1.54) is 0 Å². The minimum Gasteiger partial charge on any atom is -0.323 e. The first-order valence-electron chi connectivity index (χ1n) is 5.84.